The number of aromatic nitrogens is 1. The SMILES string of the molecule is Cc1ccccc1P(O[C@@H](c1ccccn1)C(C)(C)C)c1ccccc1C. The van der Waals surface area contributed by atoms with Gasteiger partial charge in [0.25, 0.3) is 0 Å². The van der Waals surface area contributed by atoms with Crippen LogP contribution in [0.25, 0.3) is 0 Å². The van der Waals surface area contributed by atoms with Gasteiger partial charge in [-0.15, -0.1) is 0 Å². The van der Waals surface area contributed by atoms with Crippen LogP contribution in [0, 0.1) is 19.3 Å². The molecule has 0 saturated carbocycles. The van der Waals surface area contributed by atoms with Crippen molar-refractivity contribution in [3.05, 3.63) is 89.7 Å². The molecule has 1 aromatic heterocycles. The van der Waals surface area contributed by atoms with E-state index in [1.54, 1.807) is 0 Å². The number of hydrogen-bond acceptors (Lipinski definition) is 2. The molecule has 1 heterocycles. The van der Waals surface area contributed by atoms with Crippen LogP contribution in [0.1, 0.15) is 43.7 Å². The molecular weight excluding hydrogens is 349 g/mol. The van der Waals surface area contributed by atoms with Crippen LogP contribution in [0.2, 0.25) is 0 Å². The van der Waals surface area contributed by atoms with Crippen molar-refractivity contribution in [2.24, 2.45) is 5.41 Å². The summed E-state index contributed by atoms with van der Waals surface area (Å²) in [6.07, 6.45) is 1.75. The third kappa shape index (κ3) is 4.64. The van der Waals surface area contributed by atoms with Gasteiger partial charge in [-0.25, -0.2) is 0 Å². The Morgan fingerprint density at radius 1 is 0.778 bits per heavy atom. The lowest BCUT2D eigenvalue weighted by atomic mass is 9.87. The molecule has 2 aromatic carbocycles. The van der Waals surface area contributed by atoms with Crippen LogP contribution in [-0.4, -0.2) is 4.98 Å². The van der Waals surface area contributed by atoms with Gasteiger partial charge < -0.3 is 4.52 Å². The molecule has 0 N–H and O–H groups in total. The largest absolute Gasteiger partial charge is 0.340 e. The van der Waals surface area contributed by atoms with Gasteiger partial charge in [0.2, 0.25) is 0 Å². The predicted octanol–water partition coefficient (Wildman–Crippen LogP) is 5.85. The van der Waals surface area contributed by atoms with E-state index in [-0.39, 0.29) is 11.5 Å². The lowest BCUT2D eigenvalue weighted by molar-refractivity contribution is 0.0996. The second-order valence-corrected chi connectivity index (χ2v) is 9.74. The Labute approximate surface area is 164 Å². The van der Waals surface area contributed by atoms with E-state index in [0.717, 1.165) is 5.69 Å². The van der Waals surface area contributed by atoms with Gasteiger partial charge in [0, 0.05) is 16.8 Å². The Bertz CT molecular complexity index is 841. The van der Waals surface area contributed by atoms with Gasteiger partial charge in [0.15, 0.2) is 0 Å². The number of aryl methyl sites for hydroxylation is 2. The molecule has 3 rings (SSSR count). The molecule has 1 atom stereocenters. The molecule has 3 heteroatoms. The smallest absolute Gasteiger partial charge is 0.109 e. The number of pyridine rings is 1. The molecule has 0 amide bonds. The minimum atomic E-state index is -0.960. The summed E-state index contributed by atoms with van der Waals surface area (Å²) < 4.78 is 6.94. The van der Waals surface area contributed by atoms with E-state index in [4.69, 9.17) is 4.52 Å². The summed E-state index contributed by atoms with van der Waals surface area (Å²) in [4.78, 5) is 4.62. The molecule has 0 saturated heterocycles. The average Bonchev–Trinajstić information content (AvgIpc) is 2.64. The van der Waals surface area contributed by atoms with E-state index >= 15 is 0 Å². The zero-order chi connectivity index (χ0) is 19.4. The molecule has 0 aliphatic heterocycles. The van der Waals surface area contributed by atoms with Crippen LogP contribution in [0.3, 0.4) is 0 Å². The first-order chi connectivity index (χ1) is 12.9. The zero-order valence-electron chi connectivity index (χ0n) is 16.8. The molecule has 27 heavy (non-hydrogen) atoms. The molecule has 0 fully saturated rings. The highest BCUT2D eigenvalue weighted by atomic mass is 31.1. The van der Waals surface area contributed by atoms with E-state index < -0.39 is 8.15 Å². The van der Waals surface area contributed by atoms with Crippen molar-refractivity contribution in [2.45, 2.75) is 40.7 Å². The third-order valence-corrected chi connectivity index (χ3v) is 6.92. The predicted molar refractivity (Wildman–Crippen MR) is 116 cm³/mol. The van der Waals surface area contributed by atoms with E-state index in [0.29, 0.717) is 0 Å². The van der Waals surface area contributed by atoms with Gasteiger partial charge in [0.1, 0.15) is 6.10 Å². The fourth-order valence-corrected chi connectivity index (χ4v) is 5.47. The minimum absolute atomic E-state index is 0.0691. The van der Waals surface area contributed by atoms with Crippen molar-refractivity contribution in [2.75, 3.05) is 0 Å². The second-order valence-electron chi connectivity index (χ2n) is 7.97. The Balaban J connectivity index is 2.10. The van der Waals surface area contributed by atoms with Gasteiger partial charge in [-0.3, -0.25) is 4.98 Å². The van der Waals surface area contributed by atoms with Gasteiger partial charge in [-0.05, 0) is 42.5 Å². The van der Waals surface area contributed by atoms with Crippen molar-refractivity contribution in [3.8, 4) is 0 Å². The van der Waals surface area contributed by atoms with Crippen molar-refractivity contribution in [1.29, 1.82) is 0 Å². The highest BCUT2D eigenvalue weighted by Gasteiger charge is 2.33. The van der Waals surface area contributed by atoms with Gasteiger partial charge >= 0.3 is 0 Å². The first-order valence-corrected chi connectivity index (χ1v) is 10.6. The fourth-order valence-electron chi connectivity index (χ4n) is 3.12. The van der Waals surface area contributed by atoms with Crippen LogP contribution < -0.4 is 10.6 Å². The maximum absolute atomic E-state index is 6.94. The number of benzene rings is 2. The quantitative estimate of drug-likeness (QED) is 0.520. The van der Waals surface area contributed by atoms with Gasteiger partial charge in [-0.1, -0.05) is 75.4 Å². The summed E-state index contributed by atoms with van der Waals surface area (Å²) in [5.74, 6) is 0. The molecule has 0 aliphatic carbocycles. The zero-order valence-corrected chi connectivity index (χ0v) is 17.7. The van der Waals surface area contributed by atoms with Crippen LogP contribution in [0.15, 0.2) is 72.9 Å². The van der Waals surface area contributed by atoms with Crippen molar-refractivity contribution < 1.29 is 4.52 Å². The molecule has 3 aromatic rings. The van der Waals surface area contributed by atoms with Crippen molar-refractivity contribution in [3.63, 3.8) is 0 Å². The molecular formula is C24H28NOP. The summed E-state index contributed by atoms with van der Waals surface area (Å²) in [6.45, 7) is 11.0. The Hall–Kier alpha value is -2.02. The first kappa shape index (κ1) is 19.7. The van der Waals surface area contributed by atoms with E-state index in [2.05, 4.69) is 94.2 Å². The molecule has 0 radical (unpaired) electrons. The highest BCUT2D eigenvalue weighted by Crippen LogP contribution is 2.48. The summed E-state index contributed by atoms with van der Waals surface area (Å²) in [6, 6.07) is 23.2. The molecule has 0 unspecified atom stereocenters. The second kappa shape index (κ2) is 8.33. The van der Waals surface area contributed by atoms with Crippen LogP contribution in [0.4, 0.5) is 0 Å². The Morgan fingerprint density at radius 2 is 1.30 bits per heavy atom. The number of nitrogens with zero attached hydrogens (tertiary/aromatic N) is 1. The first-order valence-electron chi connectivity index (χ1n) is 9.37. The van der Waals surface area contributed by atoms with Gasteiger partial charge in [0.05, 0.1) is 13.8 Å². The summed E-state index contributed by atoms with van der Waals surface area (Å²) in [5.41, 5.74) is 3.45. The fraction of sp³-hybridized carbons (Fsp3) is 0.292. The summed E-state index contributed by atoms with van der Waals surface area (Å²) >= 11 is 0. The number of rotatable bonds is 5. The lowest BCUT2D eigenvalue weighted by Gasteiger charge is -2.34. The molecule has 2 nitrogen and oxygen atoms in total. The lowest BCUT2D eigenvalue weighted by Crippen LogP contribution is -2.26. The average molecular weight is 377 g/mol. The van der Waals surface area contributed by atoms with E-state index in [1.165, 1.54) is 21.7 Å². The normalized spacial score (nSPS) is 13.0. The van der Waals surface area contributed by atoms with Crippen LogP contribution in [-0.2, 0) is 4.52 Å². The topological polar surface area (TPSA) is 22.1 Å². The molecule has 0 bridgehead atoms. The van der Waals surface area contributed by atoms with Crippen molar-refractivity contribution >= 4 is 18.8 Å². The summed E-state index contributed by atoms with van der Waals surface area (Å²) in [5, 5.41) is 2.54. The third-order valence-electron chi connectivity index (χ3n) is 4.62. The maximum atomic E-state index is 6.94. The standard InChI is InChI=1S/C24H28NOP/c1-18-12-6-8-15-21(18)27(22-16-9-7-13-19(22)2)26-23(24(3,4)5)20-14-10-11-17-25-20/h6-17,23H,1-5H3/t23-/m0/s1. The monoisotopic (exact) mass is 377 g/mol. The van der Waals surface area contributed by atoms with Gasteiger partial charge in [-0.2, -0.15) is 0 Å². The maximum Gasteiger partial charge on any atom is 0.109 e. The van der Waals surface area contributed by atoms with Crippen LogP contribution >= 0.6 is 8.15 Å². The van der Waals surface area contributed by atoms with Crippen LogP contribution in [0.5, 0.6) is 0 Å². The Morgan fingerprint density at radius 3 is 1.74 bits per heavy atom. The summed E-state index contributed by atoms with van der Waals surface area (Å²) in [7, 11) is -0.960. The highest BCUT2D eigenvalue weighted by molar-refractivity contribution is 7.68. The van der Waals surface area contributed by atoms with Crippen molar-refractivity contribution in [1.82, 2.24) is 4.98 Å². The minimum Gasteiger partial charge on any atom is -0.340 e. The molecule has 0 spiro atoms. The van der Waals surface area contributed by atoms with E-state index in [1.807, 2.05) is 18.3 Å². The number of hydrogen-bond donors (Lipinski definition) is 0. The molecule has 140 valence electrons. The Kier molecular flexibility index (Phi) is 6.09. The molecule has 0 aliphatic rings. The van der Waals surface area contributed by atoms with E-state index in [9.17, 15) is 0 Å².